The highest BCUT2D eigenvalue weighted by atomic mass is 19.1. The molecule has 20 heavy (non-hydrogen) atoms. The Morgan fingerprint density at radius 2 is 1.75 bits per heavy atom. The largest absolute Gasteiger partial charge is 0.487 e. The first-order valence-corrected chi connectivity index (χ1v) is 6.76. The van der Waals surface area contributed by atoms with Crippen molar-refractivity contribution < 1.29 is 9.13 Å². The van der Waals surface area contributed by atoms with Crippen molar-refractivity contribution in [1.82, 2.24) is 9.97 Å². The minimum atomic E-state index is -0.304. The number of para-hydroxylation sites is 1. The van der Waals surface area contributed by atoms with E-state index < -0.39 is 0 Å². The Kier molecular flexibility index (Phi) is 3.76. The van der Waals surface area contributed by atoms with Crippen molar-refractivity contribution in [1.29, 1.82) is 0 Å². The van der Waals surface area contributed by atoms with E-state index in [1.165, 1.54) is 6.07 Å². The van der Waals surface area contributed by atoms with Gasteiger partial charge in [0.25, 0.3) is 0 Å². The summed E-state index contributed by atoms with van der Waals surface area (Å²) >= 11 is 0. The lowest BCUT2D eigenvalue weighted by molar-refractivity contribution is 0.163. The van der Waals surface area contributed by atoms with E-state index in [-0.39, 0.29) is 11.9 Å². The molecule has 3 rings (SSSR count). The standard InChI is InChI=1S/C15H16FN3O/c16-13-4-1-2-5-14(13)20-12-6-10-19(11-7-12)15-17-8-3-9-18-15/h1-5,8-9,12H,6-7,10-11H2. The Balaban J connectivity index is 1.58. The lowest BCUT2D eigenvalue weighted by Gasteiger charge is -2.32. The van der Waals surface area contributed by atoms with Crippen LogP contribution in [0, 0.1) is 5.82 Å². The molecule has 0 spiro atoms. The fourth-order valence-corrected chi connectivity index (χ4v) is 2.35. The van der Waals surface area contributed by atoms with Crippen molar-refractivity contribution in [2.24, 2.45) is 0 Å². The van der Waals surface area contributed by atoms with E-state index in [1.54, 1.807) is 36.7 Å². The first kappa shape index (κ1) is 12.8. The smallest absolute Gasteiger partial charge is 0.225 e. The van der Waals surface area contributed by atoms with E-state index in [0.29, 0.717) is 5.75 Å². The van der Waals surface area contributed by atoms with Gasteiger partial charge in [0.2, 0.25) is 5.95 Å². The van der Waals surface area contributed by atoms with Crippen LogP contribution in [0.4, 0.5) is 10.3 Å². The number of anilines is 1. The molecule has 1 aliphatic heterocycles. The second kappa shape index (κ2) is 5.86. The molecule has 4 nitrogen and oxygen atoms in total. The van der Waals surface area contributed by atoms with Crippen molar-refractivity contribution >= 4 is 5.95 Å². The lowest BCUT2D eigenvalue weighted by atomic mass is 10.1. The summed E-state index contributed by atoms with van der Waals surface area (Å²) in [4.78, 5) is 10.6. The van der Waals surface area contributed by atoms with Crippen LogP contribution >= 0.6 is 0 Å². The maximum Gasteiger partial charge on any atom is 0.225 e. The first-order valence-electron chi connectivity index (χ1n) is 6.76. The summed E-state index contributed by atoms with van der Waals surface area (Å²) in [6.07, 6.45) is 5.21. The Morgan fingerprint density at radius 1 is 1.05 bits per heavy atom. The molecule has 0 N–H and O–H groups in total. The zero-order chi connectivity index (χ0) is 13.8. The second-order valence-electron chi connectivity index (χ2n) is 4.78. The monoisotopic (exact) mass is 273 g/mol. The summed E-state index contributed by atoms with van der Waals surface area (Å²) < 4.78 is 19.3. The van der Waals surface area contributed by atoms with Crippen molar-refractivity contribution in [3.05, 3.63) is 48.5 Å². The Labute approximate surface area is 117 Å². The van der Waals surface area contributed by atoms with E-state index in [9.17, 15) is 4.39 Å². The van der Waals surface area contributed by atoms with Gasteiger partial charge in [0.15, 0.2) is 11.6 Å². The third-order valence-corrected chi connectivity index (χ3v) is 3.41. The van der Waals surface area contributed by atoms with Crippen molar-refractivity contribution in [2.45, 2.75) is 18.9 Å². The molecule has 0 bridgehead atoms. The number of benzene rings is 1. The van der Waals surface area contributed by atoms with Gasteiger partial charge in [-0.15, -0.1) is 0 Å². The van der Waals surface area contributed by atoms with Gasteiger partial charge in [0.05, 0.1) is 0 Å². The molecule has 0 radical (unpaired) electrons. The predicted octanol–water partition coefficient (Wildman–Crippen LogP) is 2.66. The molecule has 1 saturated heterocycles. The van der Waals surface area contributed by atoms with Crippen LogP contribution < -0.4 is 9.64 Å². The average Bonchev–Trinajstić information content (AvgIpc) is 2.51. The van der Waals surface area contributed by atoms with E-state index in [2.05, 4.69) is 14.9 Å². The molecule has 104 valence electrons. The second-order valence-corrected chi connectivity index (χ2v) is 4.78. The van der Waals surface area contributed by atoms with Gasteiger partial charge in [0, 0.05) is 38.3 Å². The van der Waals surface area contributed by atoms with Crippen LogP contribution in [0.5, 0.6) is 5.75 Å². The number of aromatic nitrogens is 2. The van der Waals surface area contributed by atoms with E-state index >= 15 is 0 Å². The van der Waals surface area contributed by atoms with Crippen LogP contribution in [0.1, 0.15) is 12.8 Å². The molecule has 2 aromatic rings. The van der Waals surface area contributed by atoms with Gasteiger partial charge in [-0.3, -0.25) is 0 Å². The van der Waals surface area contributed by atoms with E-state index in [4.69, 9.17) is 4.74 Å². The Morgan fingerprint density at radius 3 is 2.45 bits per heavy atom. The van der Waals surface area contributed by atoms with Gasteiger partial charge in [-0.25, -0.2) is 14.4 Å². The third kappa shape index (κ3) is 2.87. The number of rotatable bonds is 3. The molecule has 2 heterocycles. The van der Waals surface area contributed by atoms with Gasteiger partial charge in [-0.05, 0) is 18.2 Å². The topological polar surface area (TPSA) is 38.2 Å². The number of halogens is 1. The molecule has 0 saturated carbocycles. The Bertz CT molecular complexity index is 556. The third-order valence-electron chi connectivity index (χ3n) is 3.41. The molecule has 5 heteroatoms. The fourth-order valence-electron chi connectivity index (χ4n) is 2.35. The molecule has 1 aliphatic rings. The molecule has 1 fully saturated rings. The molecule has 0 unspecified atom stereocenters. The van der Waals surface area contributed by atoms with Gasteiger partial charge in [-0.2, -0.15) is 0 Å². The minimum absolute atomic E-state index is 0.0480. The van der Waals surface area contributed by atoms with Gasteiger partial charge >= 0.3 is 0 Å². The summed E-state index contributed by atoms with van der Waals surface area (Å²) in [5.74, 6) is 0.778. The Hall–Kier alpha value is -2.17. The highest BCUT2D eigenvalue weighted by molar-refractivity contribution is 5.29. The summed E-state index contributed by atoms with van der Waals surface area (Å²) in [5, 5.41) is 0. The molecular weight excluding hydrogens is 257 g/mol. The van der Waals surface area contributed by atoms with Gasteiger partial charge < -0.3 is 9.64 Å². The van der Waals surface area contributed by atoms with Crippen LogP contribution in [0.15, 0.2) is 42.7 Å². The van der Waals surface area contributed by atoms with Crippen LogP contribution in [0.3, 0.4) is 0 Å². The number of hydrogen-bond donors (Lipinski definition) is 0. The van der Waals surface area contributed by atoms with Crippen LogP contribution in [0.25, 0.3) is 0 Å². The molecule has 1 aromatic heterocycles. The lowest BCUT2D eigenvalue weighted by Crippen LogP contribution is -2.39. The summed E-state index contributed by atoms with van der Waals surface area (Å²) in [6.45, 7) is 1.65. The maximum atomic E-state index is 13.5. The summed E-state index contributed by atoms with van der Waals surface area (Å²) in [6, 6.07) is 8.34. The molecular formula is C15H16FN3O. The molecule has 0 aliphatic carbocycles. The van der Waals surface area contributed by atoms with Crippen LogP contribution in [-0.4, -0.2) is 29.2 Å². The van der Waals surface area contributed by atoms with Gasteiger partial charge in [0.1, 0.15) is 6.10 Å². The molecule has 0 amide bonds. The number of hydrogen-bond acceptors (Lipinski definition) is 4. The highest BCUT2D eigenvalue weighted by Gasteiger charge is 2.22. The van der Waals surface area contributed by atoms with E-state index in [1.807, 2.05) is 0 Å². The molecule has 1 aromatic carbocycles. The maximum absolute atomic E-state index is 13.5. The molecule has 0 atom stereocenters. The minimum Gasteiger partial charge on any atom is -0.487 e. The zero-order valence-electron chi connectivity index (χ0n) is 11.1. The van der Waals surface area contributed by atoms with Crippen molar-refractivity contribution in [3.63, 3.8) is 0 Å². The van der Waals surface area contributed by atoms with E-state index in [0.717, 1.165) is 31.9 Å². The first-order chi connectivity index (χ1) is 9.83. The quantitative estimate of drug-likeness (QED) is 0.861. The van der Waals surface area contributed by atoms with Crippen LogP contribution in [0.2, 0.25) is 0 Å². The van der Waals surface area contributed by atoms with Crippen molar-refractivity contribution in [2.75, 3.05) is 18.0 Å². The number of piperidine rings is 1. The zero-order valence-corrected chi connectivity index (χ0v) is 11.1. The number of nitrogens with zero attached hydrogens (tertiary/aromatic N) is 3. The summed E-state index contributed by atoms with van der Waals surface area (Å²) in [7, 11) is 0. The average molecular weight is 273 g/mol. The SMILES string of the molecule is Fc1ccccc1OC1CCN(c2ncccn2)CC1. The van der Waals surface area contributed by atoms with Crippen LogP contribution in [-0.2, 0) is 0 Å². The number of ether oxygens (including phenoxy) is 1. The fraction of sp³-hybridized carbons (Fsp3) is 0.333. The van der Waals surface area contributed by atoms with Gasteiger partial charge in [-0.1, -0.05) is 12.1 Å². The summed E-state index contributed by atoms with van der Waals surface area (Å²) in [5.41, 5.74) is 0. The predicted molar refractivity (Wildman–Crippen MR) is 74.3 cm³/mol. The van der Waals surface area contributed by atoms with Crippen molar-refractivity contribution in [3.8, 4) is 5.75 Å². The highest BCUT2D eigenvalue weighted by Crippen LogP contribution is 2.22. The normalized spacial score (nSPS) is 16.1.